The Balaban J connectivity index is 1.19. The molecule has 0 bridgehead atoms. The molecule has 0 atom stereocenters. The summed E-state index contributed by atoms with van der Waals surface area (Å²) in [5.41, 5.74) is 10.00. The summed E-state index contributed by atoms with van der Waals surface area (Å²) in [7, 11) is 0. The van der Waals surface area contributed by atoms with Gasteiger partial charge < -0.3 is 4.42 Å². The molecule has 2 heterocycles. The number of rotatable bonds is 4. The molecule has 0 N–H and O–H groups in total. The summed E-state index contributed by atoms with van der Waals surface area (Å²) in [5, 5.41) is 4.65. The van der Waals surface area contributed by atoms with Crippen LogP contribution in [0.3, 0.4) is 0 Å². The molecular weight excluding hydrogens is 488 g/mol. The number of nitrogens with zero attached hydrogens (tertiary/aromatic N) is 2. The normalized spacial score (nSPS) is 11.7. The Hall–Kier alpha value is -5.15. The monoisotopic (exact) mass is 514 g/mol. The second-order valence-corrected chi connectivity index (χ2v) is 10.3. The van der Waals surface area contributed by atoms with E-state index in [1.165, 1.54) is 27.6 Å². The summed E-state index contributed by atoms with van der Waals surface area (Å²) >= 11 is 0. The molecule has 6 aromatic carbocycles. The Morgan fingerprint density at radius 1 is 0.600 bits per heavy atom. The number of imidazole rings is 1. The van der Waals surface area contributed by atoms with E-state index in [1.54, 1.807) is 0 Å². The average molecular weight is 515 g/mol. The summed E-state index contributed by atoms with van der Waals surface area (Å²) in [5.74, 6) is 1.08. The van der Waals surface area contributed by atoms with Crippen molar-refractivity contribution >= 4 is 43.7 Å². The maximum atomic E-state index is 6.30. The van der Waals surface area contributed by atoms with Crippen LogP contribution in [0, 0.1) is 0 Å². The first-order valence-electron chi connectivity index (χ1n) is 13.8. The number of furan rings is 1. The van der Waals surface area contributed by atoms with Crippen LogP contribution in [0.4, 0.5) is 0 Å². The molecule has 3 nitrogen and oxygen atoms in total. The van der Waals surface area contributed by atoms with Gasteiger partial charge in [0.1, 0.15) is 17.0 Å². The second kappa shape index (κ2) is 8.96. The van der Waals surface area contributed by atoms with Crippen LogP contribution >= 0.6 is 0 Å². The van der Waals surface area contributed by atoms with Gasteiger partial charge in [-0.15, -0.1) is 0 Å². The lowest BCUT2D eigenvalue weighted by Gasteiger charge is -2.11. The van der Waals surface area contributed by atoms with Gasteiger partial charge in [-0.2, -0.15) is 0 Å². The van der Waals surface area contributed by atoms with Crippen molar-refractivity contribution in [1.82, 2.24) is 9.55 Å². The lowest BCUT2D eigenvalue weighted by molar-refractivity contribution is 0.672. The summed E-state index contributed by atoms with van der Waals surface area (Å²) in [4.78, 5) is 4.84. The lowest BCUT2D eigenvalue weighted by Crippen LogP contribution is -1.99. The van der Waals surface area contributed by atoms with Crippen LogP contribution in [0.5, 0.6) is 0 Å². The highest BCUT2D eigenvalue weighted by Crippen LogP contribution is 2.40. The Morgan fingerprint density at radius 3 is 2.00 bits per heavy atom. The SMILES string of the molecule is CCc1nc2ccccc2n1-c1ccc(-c2ccc(-c3cc4c5ccccc5oc4c4ccccc34)cc2)cc1. The van der Waals surface area contributed by atoms with Crippen molar-refractivity contribution < 1.29 is 4.42 Å². The van der Waals surface area contributed by atoms with E-state index in [4.69, 9.17) is 9.40 Å². The topological polar surface area (TPSA) is 31.0 Å². The second-order valence-electron chi connectivity index (χ2n) is 10.3. The summed E-state index contributed by atoms with van der Waals surface area (Å²) < 4.78 is 8.57. The van der Waals surface area contributed by atoms with Gasteiger partial charge >= 0.3 is 0 Å². The highest BCUT2D eigenvalue weighted by molar-refractivity contribution is 6.19. The van der Waals surface area contributed by atoms with Gasteiger partial charge in [0.2, 0.25) is 0 Å². The Morgan fingerprint density at radius 2 is 1.23 bits per heavy atom. The third-order valence-electron chi connectivity index (χ3n) is 7.99. The molecular formula is C37H26N2O. The lowest BCUT2D eigenvalue weighted by atomic mass is 9.94. The van der Waals surface area contributed by atoms with Crippen molar-refractivity contribution in [2.24, 2.45) is 0 Å². The van der Waals surface area contributed by atoms with E-state index in [1.807, 2.05) is 18.2 Å². The zero-order valence-corrected chi connectivity index (χ0v) is 22.1. The molecule has 0 saturated heterocycles. The fraction of sp³-hybridized carbons (Fsp3) is 0.0541. The number of fused-ring (bicyclic) bond motifs is 6. The van der Waals surface area contributed by atoms with Crippen molar-refractivity contribution in [1.29, 1.82) is 0 Å². The number of benzene rings is 6. The zero-order valence-electron chi connectivity index (χ0n) is 22.1. The van der Waals surface area contributed by atoms with E-state index in [9.17, 15) is 0 Å². The summed E-state index contributed by atoms with van der Waals surface area (Å²) in [6.45, 7) is 2.16. The molecule has 0 aliphatic rings. The molecule has 0 aliphatic heterocycles. The van der Waals surface area contributed by atoms with Crippen molar-refractivity contribution in [3.05, 3.63) is 133 Å². The minimum atomic E-state index is 0.882. The van der Waals surface area contributed by atoms with Gasteiger partial charge in [-0.05, 0) is 64.0 Å². The minimum Gasteiger partial charge on any atom is -0.455 e. The zero-order chi connectivity index (χ0) is 26.6. The Kier molecular flexibility index (Phi) is 5.11. The van der Waals surface area contributed by atoms with Crippen LogP contribution in [0.25, 0.3) is 71.7 Å². The van der Waals surface area contributed by atoms with Crippen LogP contribution in [0.1, 0.15) is 12.7 Å². The summed E-state index contributed by atoms with van der Waals surface area (Å²) in [6, 6.07) is 45.2. The van der Waals surface area contributed by atoms with E-state index in [-0.39, 0.29) is 0 Å². The van der Waals surface area contributed by atoms with Gasteiger partial charge in [-0.25, -0.2) is 4.98 Å². The van der Waals surface area contributed by atoms with Crippen molar-refractivity contribution in [3.63, 3.8) is 0 Å². The van der Waals surface area contributed by atoms with E-state index in [0.717, 1.165) is 56.3 Å². The largest absolute Gasteiger partial charge is 0.455 e. The predicted octanol–water partition coefficient (Wildman–Crippen LogP) is 9.97. The number of aromatic nitrogens is 2. The van der Waals surface area contributed by atoms with Gasteiger partial charge in [0.25, 0.3) is 0 Å². The minimum absolute atomic E-state index is 0.882. The molecule has 3 heteroatoms. The van der Waals surface area contributed by atoms with Crippen LogP contribution in [0.2, 0.25) is 0 Å². The molecule has 0 spiro atoms. The molecule has 0 unspecified atom stereocenters. The quantitative estimate of drug-likeness (QED) is 0.234. The molecule has 40 heavy (non-hydrogen) atoms. The van der Waals surface area contributed by atoms with Crippen LogP contribution in [-0.4, -0.2) is 9.55 Å². The number of hydrogen-bond donors (Lipinski definition) is 0. The van der Waals surface area contributed by atoms with Gasteiger partial charge in [0.05, 0.1) is 11.0 Å². The molecule has 2 aromatic heterocycles. The first-order valence-corrected chi connectivity index (χ1v) is 13.8. The molecule has 190 valence electrons. The van der Waals surface area contributed by atoms with Crippen molar-refractivity contribution in [2.45, 2.75) is 13.3 Å². The van der Waals surface area contributed by atoms with Gasteiger partial charge in [0, 0.05) is 28.3 Å². The van der Waals surface area contributed by atoms with Crippen LogP contribution in [-0.2, 0) is 6.42 Å². The highest BCUT2D eigenvalue weighted by Gasteiger charge is 2.15. The Bertz CT molecular complexity index is 2180. The van der Waals surface area contributed by atoms with E-state index >= 15 is 0 Å². The van der Waals surface area contributed by atoms with E-state index in [2.05, 4.69) is 121 Å². The van der Waals surface area contributed by atoms with E-state index in [0.29, 0.717) is 0 Å². The first kappa shape index (κ1) is 22.8. The molecule has 0 aliphatic carbocycles. The standard InChI is InChI=1S/C37H26N2O/c1-2-36-38-33-12-6-7-13-34(33)39(36)27-21-19-25(20-22-27)24-15-17-26(18-16-24)31-23-32-29-10-5-8-14-35(29)40-37(32)30-11-4-3-9-28(30)31/h3-23H,2H2,1H3. The first-order chi connectivity index (χ1) is 19.8. The van der Waals surface area contributed by atoms with E-state index < -0.39 is 0 Å². The molecule has 0 radical (unpaired) electrons. The average Bonchev–Trinajstić information content (AvgIpc) is 3.59. The highest BCUT2D eigenvalue weighted by atomic mass is 16.3. The molecule has 0 fully saturated rings. The summed E-state index contributed by atoms with van der Waals surface area (Å²) in [6.07, 6.45) is 0.882. The van der Waals surface area contributed by atoms with Crippen LogP contribution < -0.4 is 0 Å². The molecule has 0 saturated carbocycles. The molecule has 8 rings (SSSR count). The number of para-hydroxylation sites is 3. The fourth-order valence-corrected chi connectivity index (χ4v) is 6.03. The fourth-order valence-electron chi connectivity index (χ4n) is 6.03. The van der Waals surface area contributed by atoms with Gasteiger partial charge in [0.15, 0.2) is 0 Å². The van der Waals surface area contributed by atoms with Gasteiger partial charge in [-0.3, -0.25) is 4.57 Å². The smallest absolute Gasteiger partial charge is 0.143 e. The van der Waals surface area contributed by atoms with Crippen LogP contribution in [0.15, 0.2) is 132 Å². The molecule has 0 amide bonds. The predicted molar refractivity (Wildman–Crippen MR) is 166 cm³/mol. The number of hydrogen-bond acceptors (Lipinski definition) is 2. The molecule has 8 aromatic rings. The number of aryl methyl sites for hydroxylation is 1. The maximum Gasteiger partial charge on any atom is 0.143 e. The van der Waals surface area contributed by atoms with Gasteiger partial charge in [-0.1, -0.05) is 97.9 Å². The third kappa shape index (κ3) is 3.48. The Labute approximate surface area is 231 Å². The van der Waals surface area contributed by atoms with Crippen molar-refractivity contribution in [2.75, 3.05) is 0 Å². The van der Waals surface area contributed by atoms with Crippen molar-refractivity contribution in [3.8, 4) is 27.9 Å². The maximum absolute atomic E-state index is 6.30. The third-order valence-corrected chi connectivity index (χ3v) is 7.99.